The number of fused-ring (bicyclic) bond motifs is 1. The zero-order valence-corrected chi connectivity index (χ0v) is 18.0. The molecule has 1 aliphatic heterocycles. The maximum atomic E-state index is 10.8. The second-order valence-corrected chi connectivity index (χ2v) is 8.18. The molecule has 0 aromatic heterocycles. The number of halogens is 1. The highest BCUT2D eigenvalue weighted by atomic mass is 79.9. The van der Waals surface area contributed by atoms with Crippen LogP contribution in [0.25, 0.3) is 0 Å². The summed E-state index contributed by atoms with van der Waals surface area (Å²) in [5.74, 6) is 0.447. The maximum absolute atomic E-state index is 10.8. The topological polar surface area (TPSA) is 125 Å². The summed E-state index contributed by atoms with van der Waals surface area (Å²) in [5.41, 5.74) is 7.35. The summed E-state index contributed by atoms with van der Waals surface area (Å²) in [6.45, 7) is 0.124. The Labute approximate surface area is 187 Å². The third-order valence-electron chi connectivity index (χ3n) is 5.30. The molecular formula is C23H22BrNO6. The molecule has 6 N–H and O–H groups in total. The van der Waals surface area contributed by atoms with Gasteiger partial charge in [-0.05, 0) is 57.9 Å². The van der Waals surface area contributed by atoms with E-state index in [4.69, 9.17) is 15.2 Å². The van der Waals surface area contributed by atoms with Crippen LogP contribution in [0.1, 0.15) is 28.7 Å². The number of phenolic OH excluding ortho intramolecular Hbond substituents is 3. The highest BCUT2D eigenvalue weighted by Gasteiger charge is 2.38. The molecule has 0 radical (unpaired) electrons. The van der Waals surface area contributed by atoms with Crippen LogP contribution in [-0.4, -0.2) is 39.7 Å². The molecule has 1 aliphatic rings. The summed E-state index contributed by atoms with van der Waals surface area (Å²) in [7, 11) is 0. The molecule has 0 fully saturated rings. The Morgan fingerprint density at radius 1 is 1.06 bits per heavy atom. The summed E-state index contributed by atoms with van der Waals surface area (Å²) in [6, 6.07) is 14.5. The lowest BCUT2D eigenvalue weighted by Crippen LogP contribution is -2.37. The lowest BCUT2D eigenvalue weighted by molar-refractivity contribution is 0.0906. The molecule has 3 atom stereocenters. The highest BCUT2D eigenvalue weighted by Crippen LogP contribution is 2.48. The summed E-state index contributed by atoms with van der Waals surface area (Å²) >= 11 is 3.34. The first kappa shape index (κ1) is 21.3. The van der Waals surface area contributed by atoms with Crippen LogP contribution in [0.15, 0.2) is 59.1 Å². The highest BCUT2D eigenvalue weighted by molar-refractivity contribution is 9.10. The molecule has 3 unspecified atom stereocenters. The van der Waals surface area contributed by atoms with Gasteiger partial charge in [0.1, 0.15) is 41.5 Å². The number of rotatable bonds is 5. The van der Waals surface area contributed by atoms with Crippen molar-refractivity contribution in [1.29, 1.82) is 0 Å². The van der Waals surface area contributed by atoms with Crippen LogP contribution in [0.3, 0.4) is 0 Å². The predicted molar refractivity (Wildman–Crippen MR) is 118 cm³/mol. The monoisotopic (exact) mass is 487 g/mol. The molecule has 31 heavy (non-hydrogen) atoms. The average molecular weight is 488 g/mol. The molecular weight excluding hydrogens is 466 g/mol. The Hall–Kier alpha value is -2.94. The minimum absolute atomic E-state index is 0.000774. The molecule has 7 nitrogen and oxygen atoms in total. The number of nitrogens with two attached hydrogens (primary N) is 1. The Bertz CT molecular complexity index is 1110. The second-order valence-electron chi connectivity index (χ2n) is 7.32. The van der Waals surface area contributed by atoms with Gasteiger partial charge in [0, 0.05) is 23.7 Å². The van der Waals surface area contributed by atoms with Crippen LogP contribution in [-0.2, 0) is 0 Å². The van der Waals surface area contributed by atoms with Gasteiger partial charge in [0.25, 0.3) is 0 Å². The van der Waals surface area contributed by atoms with E-state index in [1.165, 1.54) is 12.1 Å². The summed E-state index contributed by atoms with van der Waals surface area (Å²) in [5, 5.41) is 40.9. The van der Waals surface area contributed by atoms with E-state index in [0.717, 1.165) is 5.56 Å². The van der Waals surface area contributed by atoms with Crippen molar-refractivity contribution in [2.75, 3.05) is 13.2 Å². The van der Waals surface area contributed by atoms with Crippen LogP contribution in [0.5, 0.6) is 28.7 Å². The first-order valence-corrected chi connectivity index (χ1v) is 10.5. The van der Waals surface area contributed by atoms with Gasteiger partial charge < -0.3 is 35.6 Å². The largest absolute Gasteiger partial charge is 0.508 e. The van der Waals surface area contributed by atoms with E-state index in [9.17, 15) is 20.4 Å². The van der Waals surface area contributed by atoms with Gasteiger partial charge in [-0.2, -0.15) is 0 Å². The Morgan fingerprint density at radius 2 is 1.84 bits per heavy atom. The lowest BCUT2D eigenvalue weighted by Gasteiger charge is -2.36. The molecule has 1 heterocycles. The van der Waals surface area contributed by atoms with Crippen molar-refractivity contribution < 1.29 is 29.9 Å². The average Bonchev–Trinajstić information content (AvgIpc) is 2.75. The van der Waals surface area contributed by atoms with Crippen molar-refractivity contribution in [2.45, 2.75) is 18.1 Å². The van der Waals surface area contributed by atoms with Crippen LogP contribution in [0.2, 0.25) is 0 Å². The maximum Gasteiger partial charge on any atom is 0.144 e. The van der Waals surface area contributed by atoms with Gasteiger partial charge in [-0.15, -0.1) is 0 Å². The van der Waals surface area contributed by atoms with E-state index in [2.05, 4.69) is 15.9 Å². The molecule has 0 bridgehead atoms. The lowest BCUT2D eigenvalue weighted by atomic mass is 9.82. The molecule has 8 heteroatoms. The number of benzene rings is 3. The van der Waals surface area contributed by atoms with E-state index < -0.39 is 18.1 Å². The van der Waals surface area contributed by atoms with Gasteiger partial charge in [-0.1, -0.05) is 12.1 Å². The molecule has 0 saturated carbocycles. The van der Waals surface area contributed by atoms with E-state index >= 15 is 0 Å². The smallest absolute Gasteiger partial charge is 0.144 e. The van der Waals surface area contributed by atoms with Gasteiger partial charge in [-0.3, -0.25) is 0 Å². The first-order valence-electron chi connectivity index (χ1n) is 9.69. The van der Waals surface area contributed by atoms with E-state index in [-0.39, 0.29) is 30.4 Å². The zero-order chi connectivity index (χ0) is 22.1. The summed E-state index contributed by atoms with van der Waals surface area (Å²) in [4.78, 5) is 0. The molecule has 0 amide bonds. The molecule has 0 spiro atoms. The molecule has 3 aromatic carbocycles. The zero-order valence-electron chi connectivity index (χ0n) is 16.4. The Morgan fingerprint density at radius 3 is 2.55 bits per heavy atom. The van der Waals surface area contributed by atoms with Gasteiger partial charge in [0.15, 0.2) is 0 Å². The summed E-state index contributed by atoms with van der Waals surface area (Å²) < 4.78 is 12.6. The number of phenols is 3. The van der Waals surface area contributed by atoms with Crippen LogP contribution < -0.4 is 15.2 Å². The normalized spacial score (nSPS) is 18.7. The standard InChI is InChI=1S/C23H22BrNO6/c24-16-8-12(4-6-17(16)27)21-20(31-14-3-1-2-13(26)9-14)11-30-23-15(19(29)10-25)5-7-18(28)22(21)23/h1-9,19-21,26-29H,10-11,25H2. The van der Waals surface area contributed by atoms with Crippen LogP contribution >= 0.6 is 15.9 Å². The van der Waals surface area contributed by atoms with Gasteiger partial charge >= 0.3 is 0 Å². The quantitative estimate of drug-likeness (QED) is 0.372. The first-order chi connectivity index (χ1) is 14.9. The fourth-order valence-electron chi connectivity index (χ4n) is 3.84. The number of ether oxygens (including phenoxy) is 2. The van der Waals surface area contributed by atoms with Gasteiger partial charge in [0.2, 0.25) is 0 Å². The minimum atomic E-state index is -0.954. The van der Waals surface area contributed by atoms with Crippen molar-refractivity contribution in [3.05, 3.63) is 75.8 Å². The van der Waals surface area contributed by atoms with E-state index in [0.29, 0.717) is 27.1 Å². The molecule has 162 valence electrons. The summed E-state index contributed by atoms with van der Waals surface area (Å²) in [6.07, 6.45) is -1.52. The SMILES string of the molecule is NCC(O)c1ccc(O)c2c1OCC(Oc1cccc(O)c1)C2c1ccc(O)c(Br)c1. The molecule has 0 aliphatic carbocycles. The van der Waals surface area contributed by atoms with Crippen molar-refractivity contribution in [2.24, 2.45) is 5.73 Å². The van der Waals surface area contributed by atoms with Crippen molar-refractivity contribution in [3.63, 3.8) is 0 Å². The third kappa shape index (κ3) is 4.14. The fourth-order valence-corrected chi connectivity index (χ4v) is 4.23. The molecule has 3 aromatic rings. The number of hydrogen-bond acceptors (Lipinski definition) is 7. The Balaban J connectivity index is 1.86. The Kier molecular flexibility index (Phi) is 5.95. The van der Waals surface area contributed by atoms with Crippen molar-refractivity contribution in [1.82, 2.24) is 0 Å². The third-order valence-corrected chi connectivity index (χ3v) is 5.93. The number of aliphatic hydroxyl groups is 1. The number of aliphatic hydroxyl groups excluding tert-OH is 1. The van der Waals surface area contributed by atoms with Crippen molar-refractivity contribution in [3.8, 4) is 28.7 Å². The second kappa shape index (κ2) is 8.66. The number of hydrogen-bond donors (Lipinski definition) is 5. The minimum Gasteiger partial charge on any atom is -0.508 e. The fraction of sp³-hybridized carbons (Fsp3) is 0.217. The van der Waals surface area contributed by atoms with E-state index in [1.54, 1.807) is 42.5 Å². The number of aromatic hydroxyl groups is 3. The van der Waals surface area contributed by atoms with Crippen molar-refractivity contribution >= 4 is 15.9 Å². The molecule has 4 rings (SSSR count). The van der Waals surface area contributed by atoms with E-state index in [1.807, 2.05) is 0 Å². The van der Waals surface area contributed by atoms with Crippen LogP contribution in [0, 0.1) is 0 Å². The van der Waals surface area contributed by atoms with Crippen LogP contribution in [0.4, 0.5) is 0 Å². The molecule has 0 saturated heterocycles. The van der Waals surface area contributed by atoms with Gasteiger partial charge in [-0.25, -0.2) is 0 Å². The predicted octanol–water partition coefficient (Wildman–Crippen LogP) is 3.53. The van der Waals surface area contributed by atoms with Gasteiger partial charge in [0.05, 0.1) is 16.5 Å².